The fourth-order valence-electron chi connectivity index (χ4n) is 5.53. The smallest absolute Gasteiger partial charge is 0.312 e. The Kier molecular flexibility index (Phi) is 6.53. The van der Waals surface area contributed by atoms with Crippen LogP contribution in [0.1, 0.15) is 59.8 Å². The Labute approximate surface area is 172 Å². The topological polar surface area (TPSA) is 105 Å². The van der Waals surface area contributed by atoms with E-state index in [-0.39, 0.29) is 31.1 Å². The first-order chi connectivity index (χ1) is 13.9. The number of aliphatic hydroxyl groups excluding tert-OH is 1. The van der Waals surface area contributed by atoms with Crippen molar-refractivity contribution in [2.45, 2.75) is 89.6 Å². The highest BCUT2D eigenvalue weighted by molar-refractivity contribution is 5.98. The van der Waals surface area contributed by atoms with Crippen LogP contribution in [0.3, 0.4) is 0 Å². The number of carbonyl (C=O) groups is 3. The van der Waals surface area contributed by atoms with Gasteiger partial charge in [-0.15, -0.1) is 0 Å². The molecule has 0 aromatic rings. The predicted octanol–water partition coefficient (Wildman–Crippen LogP) is 1.000. The summed E-state index contributed by atoms with van der Waals surface area (Å²) in [4.78, 5) is 41.0. The first kappa shape index (κ1) is 22.0. The highest BCUT2D eigenvalue weighted by Gasteiger charge is 2.75. The molecular formula is C21H34N2O6. The SMILES string of the molecule is CCCC(C)NC(=O)C1N([C@@H](CC)CO)C(=O)[C@@H]2[C@@H](C(=O)OCC)[C@H]3CCC12O3. The second kappa shape index (κ2) is 8.60. The van der Waals surface area contributed by atoms with Crippen molar-refractivity contribution in [3.8, 4) is 0 Å². The number of hydrogen-bond acceptors (Lipinski definition) is 6. The second-order valence-electron chi connectivity index (χ2n) is 8.50. The van der Waals surface area contributed by atoms with Gasteiger partial charge in [-0.05, 0) is 39.5 Å². The summed E-state index contributed by atoms with van der Waals surface area (Å²) in [6.07, 6.45) is 3.03. The molecule has 7 atom stereocenters. The van der Waals surface area contributed by atoms with Gasteiger partial charge in [0.25, 0.3) is 0 Å². The first-order valence-electron chi connectivity index (χ1n) is 10.9. The molecule has 29 heavy (non-hydrogen) atoms. The van der Waals surface area contributed by atoms with E-state index in [9.17, 15) is 19.5 Å². The third-order valence-electron chi connectivity index (χ3n) is 6.73. The minimum atomic E-state index is -1.03. The van der Waals surface area contributed by atoms with Crippen molar-refractivity contribution in [2.24, 2.45) is 11.8 Å². The number of fused-ring (bicyclic) bond motifs is 1. The van der Waals surface area contributed by atoms with Crippen molar-refractivity contribution >= 4 is 17.8 Å². The number of nitrogens with one attached hydrogen (secondary N) is 1. The largest absolute Gasteiger partial charge is 0.466 e. The van der Waals surface area contributed by atoms with E-state index in [1.807, 2.05) is 20.8 Å². The lowest BCUT2D eigenvalue weighted by molar-refractivity contribution is -0.155. The standard InChI is InChI=1S/C21H34N2O6/c1-5-8-12(4)22-18(25)17-21-10-9-14(29-21)15(20(27)28-7-3)16(21)19(26)23(17)13(6-2)11-24/h12-17,24H,5-11H2,1-4H3,(H,22,25)/t12?,13-,14+,15-,16-,17?,21?/m0/s1. The molecule has 2 bridgehead atoms. The Hall–Kier alpha value is -1.67. The summed E-state index contributed by atoms with van der Waals surface area (Å²) in [5.74, 6) is -2.41. The lowest BCUT2D eigenvalue weighted by Crippen LogP contribution is -2.58. The number of ether oxygens (including phenoxy) is 2. The van der Waals surface area contributed by atoms with Gasteiger partial charge in [0.2, 0.25) is 11.8 Å². The van der Waals surface area contributed by atoms with E-state index in [4.69, 9.17) is 9.47 Å². The zero-order valence-corrected chi connectivity index (χ0v) is 17.8. The zero-order valence-electron chi connectivity index (χ0n) is 17.8. The number of amides is 2. The molecule has 2 amide bonds. The van der Waals surface area contributed by atoms with Gasteiger partial charge in [0.1, 0.15) is 11.6 Å². The summed E-state index contributed by atoms with van der Waals surface area (Å²) in [5.41, 5.74) is -1.03. The van der Waals surface area contributed by atoms with Gasteiger partial charge >= 0.3 is 5.97 Å². The molecule has 8 nitrogen and oxygen atoms in total. The highest BCUT2D eigenvalue weighted by atomic mass is 16.6. The van der Waals surface area contributed by atoms with Crippen LogP contribution in [0, 0.1) is 11.8 Å². The maximum atomic E-state index is 13.5. The molecule has 0 radical (unpaired) electrons. The maximum absolute atomic E-state index is 13.5. The van der Waals surface area contributed by atoms with E-state index < -0.39 is 41.6 Å². The highest BCUT2D eigenvalue weighted by Crippen LogP contribution is 2.59. The van der Waals surface area contributed by atoms with Crippen LogP contribution in [0.4, 0.5) is 0 Å². The van der Waals surface area contributed by atoms with Crippen LogP contribution in [0.15, 0.2) is 0 Å². The van der Waals surface area contributed by atoms with Crippen LogP contribution in [-0.2, 0) is 23.9 Å². The molecule has 3 saturated heterocycles. The molecule has 3 aliphatic heterocycles. The number of esters is 1. The second-order valence-corrected chi connectivity index (χ2v) is 8.50. The molecule has 3 rings (SSSR count). The minimum absolute atomic E-state index is 0.0337. The summed E-state index contributed by atoms with van der Waals surface area (Å²) in [7, 11) is 0. The van der Waals surface area contributed by atoms with Crippen LogP contribution >= 0.6 is 0 Å². The molecule has 0 aromatic heterocycles. The quantitative estimate of drug-likeness (QED) is 0.550. The fraction of sp³-hybridized carbons (Fsp3) is 0.857. The summed E-state index contributed by atoms with van der Waals surface area (Å²) in [6.45, 7) is 7.58. The molecule has 8 heteroatoms. The Morgan fingerprint density at radius 1 is 1.38 bits per heavy atom. The van der Waals surface area contributed by atoms with Gasteiger partial charge in [-0.2, -0.15) is 0 Å². The van der Waals surface area contributed by atoms with Crippen molar-refractivity contribution in [1.82, 2.24) is 10.2 Å². The van der Waals surface area contributed by atoms with Crippen LogP contribution < -0.4 is 5.32 Å². The number of likely N-dealkylation sites (tertiary alicyclic amines) is 1. The lowest BCUT2D eigenvalue weighted by Gasteiger charge is -2.37. The van der Waals surface area contributed by atoms with Gasteiger partial charge in [0.15, 0.2) is 0 Å². The predicted molar refractivity (Wildman–Crippen MR) is 105 cm³/mol. The van der Waals surface area contributed by atoms with Gasteiger partial charge in [-0.1, -0.05) is 20.3 Å². The van der Waals surface area contributed by atoms with Crippen LogP contribution in [0.2, 0.25) is 0 Å². The average Bonchev–Trinajstić information content (AvgIpc) is 3.31. The van der Waals surface area contributed by atoms with Gasteiger partial charge < -0.3 is 24.8 Å². The molecule has 3 heterocycles. The van der Waals surface area contributed by atoms with E-state index in [0.717, 1.165) is 12.8 Å². The fourth-order valence-corrected chi connectivity index (χ4v) is 5.53. The molecule has 0 aromatic carbocycles. The van der Waals surface area contributed by atoms with Gasteiger partial charge in [0.05, 0.1) is 37.2 Å². The maximum Gasteiger partial charge on any atom is 0.312 e. The lowest BCUT2D eigenvalue weighted by atomic mass is 9.70. The molecule has 2 N–H and O–H groups in total. The molecule has 3 unspecified atom stereocenters. The summed E-state index contributed by atoms with van der Waals surface area (Å²) in [6, 6.07) is -1.38. The number of hydrogen-bond donors (Lipinski definition) is 2. The van der Waals surface area contributed by atoms with Crippen molar-refractivity contribution in [3.05, 3.63) is 0 Å². The summed E-state index contributed by atoms with van der Waals surface area (Å²) < 4.78 is 11.5. The number of carbonyl (C=O) groups excluding carboxylic acids is 3. The average molecular weight is 411 g/mol. The third kappa shape index (κ3) is 3.44. The number of aliphatic hydroxyl groups is 1. The Morgan fingerprint density at radius 2 is 2.10 bits per heavy atom. The number of nitrogens with zero attached hydrogens (tertiary/aromatic N) is 1. The van der Waals surface area contributed by atoms with Crippen LogP contribution in [0.25, 0.3) is 0 Å². The first-order valence-corrected chi connectivity index (χ1v) is 10.9. The molecule has 0 aliphatic carbocycles. The van der Waals surface area contributed by atoms with Crippen molar-refractivity contribution in [3.63, 3.8) is 0 Å². The summed E-state index contributed by atoms with van der Waals surface area (Å²) >= 11 is 0. The van der Waals surface area contributed by atoms with Crippen LogP contribution in [-0.4, -0.2) is 70.8 Å². The van der Waals surface area contributed by atoms with Gasteiger partial charge in [-0.3, -0.25) is 14.4 Å². The Balaban J connectivity index is 1.99. The zero-order chi connectivity index (χ0) is 21.3. The Morgan fingerprint density at radius 3 is 2.69 bits per heavy atom. The van der Waals surface area contributed by atoms with E-state index in [2.05, 4.69) is 5.32 Å². The molecule has 3 fully saturated rings. The van der Waals surface area contributed by atoms with E-state index in [1.54, 1.807) is 6.92 Å². The van der Waals surface area contributed by atoms with E-state index in [0.29, 0.717) is 19.3 Å². The van der Waals surface area contributed by atoms with Crippen LogP contribution in [0.5, 0.6) is 0 Å². The molecule has 164 valence electrons. The van der Waals surface area contributed by atoms with Gasteiger partial charge in [-0.25, -0.2) is 0 Å². The van der Waals surface area contributed by atoms with Crippen molar-refractivity contribution in [2.75, 3.05) is 13.2 Å². The number of rotatable bonds is 9. The molecule has 0 saturated carbocycles. The van der Waals surface area contributed by atoms with E-state index >= 15 is 0 Å². The Bertz CT molecular complexity index is 651. The van der Waals surface area contributed by atoms with Gasteiger partial charge in [0, 0.05) is 6.04 Å². The summed E-state index contributed by atoms with van der Waals surface area (Å²) in [5, 5.41) is 12.9. The molecule has 3 aliphatic rings. The molecule has 1 spiro atoms. The van der Waals surface area contributed by atoms with Crippen molar-refractivity contribution < 1.29 is 29.0 Å². The third-order valence-corrected chi connectivity index (χ3v) is 6.73. The minimum Gasteiger partial charge on any atom is -0.466 e. The molecular weight excluding hydrogens is 376 g/mol. The normalized spacial score (nSPS) is 34.8. The van der Waals surface area contributed by atoms with E-state index in [1.165, 1.54) is 4.90 Å². The monoisotopic (exact) mass is 410 g/mol. The van der Waals surface area contributed by atoms with Crippen molar-refractivity contribution in [1.29, 1.82) is 0 Å².